The van der Waals surface area contributed by atoms with Crippen LogP contribution in [-0.4, -0.2) is 25.5 Å². The number of furan rings is 1. The van der Waals surface area contributed by atoms with Gasteiger partial charge in [-0.05, 0) is 54.1 Å². The molecule has 6 nitrogen and oxygen atoms in total. The van der Waals surface area contributed by atoms with Crippen LogP contribution < -0.4 is 9.47 Å². The fourth-order valence-corrected chi connectivity index (χ4v) is 3.34. The van der Waals surface area contributed by atoms with E-state index in [0.29, 0.717) is 28.4 Å². The lowest BCUT2D eigenvalue weighted by Crippen LogP contribution is -1.87. The molecule has 1 N–H and O–H groups in total. The Morgan fingerprint density at radius 3 is 2.34 bits per heavy atom. The summed E-state index contributed by atoms with van der Waals surface area (Å²) in [7, 11) is 3.19. The molecule has 0 saturated carbocycles. The van der Waals surface area contributed by atoms with Crippen LogP contribution in [0.5, 0.6) is 17.2 Å². The molecule has 0 bridgehead atoms. The average Bonchev–Trinajstić information content (AvgIpc) is 3.22. The summed E-state index contributed by atoms with van der Waals surface area (Å²) < 4.78 is 16.7. The minimum Gasteiger partial charge on any atom is -0.507 e. The lowest BCUT2D eigenvalue weighted by molar-refractivity contribution is 0.415. The van der Waals surface area contributed by atoms with Gasteiger partial charge in [-0.2, -0.15) is 5.26 Å². The van der Waals surface area contributed by atoms with E-state index in [1.165, 1.54) is 6.21 Å². The van der Waals surface area contributed by atoms with Gasteiger partial charge in [0.1, 0.15) is 34.6 Å². The van der Waals surface area contributed by atoms with Crippen LogP contribution in [0, 0.1) is 11.3 Å². The van der Waals surface area contributed by atoms with Gasteiger partial charge in [-0.3, -0.25) is 0 Å². The van der Waals surface area contributed by atoms with Gasteiger partial charge in [0, 0.05) is 22.9 Å². The van der Waals surface area contributed by atoms with Crippen molar-refractivity contribution in [1.29, 1.82) is 5.26 Å². The highest BCUT2D eigenvalue weighted by molar-refractivity contribution is 5.91. The van der Waals surface area contributed by atoms with Crippen molar-refractivity contribution in [1.82, 2.24) is 0 Å². The summed E-state index contributed by atoms with van der Waals surface area (Å²) in [6.45, 7) is 0. The molecule has 0 radical (unpaired) electrons. The molecule has 3 aromatic carbocycles. The summed E-state index contributed by atoms with van der Waals surface area (Å²) in [5.74, 6) is 2.11. The Labute approximate surface area is 185 Å². The van der Waals surface area contributed by atoms with Crippen LogP contribution in [0.1, 0.15) is 11.1 Å². The Morgan fingerprint density at radius 1 is 0.906 bits per heavy atom. The van der Waals surface area contributed by atoms with Crippen LogP contribution in [0.4, 0.5) is 5.88 Å². The summed E-state index contributed by atoms with van der Waals surface area (Å²) in [5.41, 5.74) is 2.95. The molecule has 0 fully saturated rings. The smallest absolute Gasteiger partial charge is 0.238 e. The highest BCUT2D eigenvalue weighted by Crippen LogP contribution is 2.43. The van der Waals surface area contributed by atoms with Crippen molar-refractivity contribution < 1.29 is 19.0 Å². The highest BCUT2D eigenvalue weighted by Gasteiger charge is 2.23. The number of hydrogen-bond acceptors (Lipinski definition) is 6. The summed E-state index contributed by atoms with van der Waals surface area (Å²) in [5, 5.41) is 20.0. The fourth-order valence-electron chi connectivity index (χ4n) is 3.34. The molecule has 4 rings (SSSR count). The molecule has 6 heteroatoms. The maximum atomic E-state index is 10.0. The zero-order valence-electron chi connectivity index (χ0n) is 17.6. The fraction of sp³-hybridized carbons (Fsp3) is 0.0769. The molecule has 0 amide bonds. The average molecular weight is 424 g/mol. The molecule has 0 saturated heterocycles. The Bertz CT molecular complexity index is 1310. The monoisotopic (exact) mass is 424 g/mol. The highest BCUT2D eigenvalue weighted by atomic mass is 16.5. The Balaban J connectivity index is 1.91. The topological polar surface area (TPSA) is 88.0 Å². The van der Waals surface area contributed by atoms with E-state index >= 15 is 0 Å². The van der Waals surface area contributed by atoms with E-state index in [0.717, 1.165) is 11.1 Å². The van der Waals surface area contributed by atoms with Crippen LogP contribution in [0.25, 0.3) is 22.5 Å². The van der Waals surface area contributed by atoms with E-state index in [2.05, 4.69) is 11.1 Å². The van der Waals surface area contributed by atoms with Gasteiger partial charge in [-0.1, -0.05) is 24.3 Å². The lowest BCUT2D eigenvalue weighted by atomic mass is 9.98. The Hall–Kier alpha value is -4.50. The van der Waals surface area contributed by atoms with Gasteiger partial charge in [0.2, 0.25) is 5.88 Å². The van der Waals surface area contributed by atoms with Gasteiger partial charge >= 0.3 is 0 Å². The first-order valence-corrected chi connectivity index (χ1v) is 9.82. The number of benzene rings is 3. The van der Waals surface area contributed by atoms with Gasteiger partial charge < -0.3 is 19.0 Å². The molecular weight excluding hydrogens is 404 g/mol. The number of aliphatic imine (C=N–C) groups is 1. The Morgan fingerprint density at radius 2 is 1.66 bits per heavy atom. The van der Waals surface area contributed by atoms with Crippen LogP contribution >= 0.6 is 0 Å². The van der Waals surface area contributed by atoms with E-state index < -0.39 is 0 Å². The van der Waals surface area contributed by atoms with E-state index in [1.54, 1.807) is 38.5 Å². The second-order valence-corrected chi connectivity index (χ2v) is 6.88. The molecular formula is C26H20N2O4. The van der Waals surface area contributed by atoms with Crippen molar-refractivity contribution in [2.45, 2.75) is 0 Å². The third-order valence-corrected chi connectivity index (χ3v) is 4.97. The quantitative estimate of drug-likeness (QED) is 0.386. The second-order valence-electron chi connectivity index (χ2n) is 6.88. The van der Waals surface area contributed by atoms with Crippen molar-refractivity contribution in [2.24, 2.45) is 4.99 Å². The van der Waals surface area contributed by atoms with E-state index in [4.69, 9.17) is 13.9 Å². The number of hydrogen-bond donors (Lipinski definition) is 1. The molecule has 32 heavy (non-hydrogen) atoms. The van der Waals surface area contributed by atoms with E-state index in [-0.39, 0.29) is 17.2 Å². The number of phenols is 1. The van der Waals surface area contributed by atoms with Crippen molar-refractivity contribution in [3.8, 4) is 45.8 Å². The lowest BCUT2D eigenvalue weighted by Gasteiger charge is -2.07. The molecule has 0 aliphatic carbocycles. The molecule has 1 aromatic heterocycles. The van der Waals surface area contributed by atoms with Crippen LogP contribution in [0.15, 0.2) is 82.2 Å². The first kappa shape index (κ1) is 20.8. The number of rotatable bonds is 6. The van der Waals surface area contributed by atoms with Crippen molar-refractivity contribution in [3.63, 3.8) is 0 Å². The minimum absolute atomic E-state index is 0.0877. The van der Waals surface area contributed by atoms with Gasteiger partial charge in [-0.15, -0.1) is 0 Å². The molecule has 158 valence electrons. The standard InChI is InChI=1S/C26H20N2O4/c1-30-20-12-10-17(11-13-20)25-24(18-7-5-8-21(14-18)31-2)22(15-27)26(32-25)28-16-19-6-3-4-9-23(19)29/h3-14,16,29H,1-2H3. The van der Waals surface area contributed by atoms with Crippen LogP contribution in [0.3, 0.4) is 0 Å². The third-order valence-electron chi connectivity index (χ3n) is 4.97. The summed E-state index contributed by atoms with van der Waals surface area (Å²) in [6.07, 6.45) is 1.47. The molecule has 0 unspecified atom stereocenters. The number of methoxy groups -OCH3 is 2. The van der Waals surface area contributed by atoms with Crippen molar-refractivity contribution in [2.75, 3.05) is 14.2 Å². The van der Waals surface area contributed by atoms with Gasteiger partial charge in [0.15, 0.2) is 0 Å². The SMILES string of the molecule is COc1ccc(-c2oc(N=Cc3ccccc3O)c(C#N)c2-c2cccc(OC)c2)cc1. The van der Waals surface area contributed by atoms with Crippen LogP contribution in [0.2, 0.25) is 0 Å². The van der Waals surface area contributed by atoms with Gasteiger partial charge in [0.25, 0.3) is 0 Å². The zero-order chi connectivity index (χ0) is 22.5. The van der Waals surface area contributed by atoms with Crippen molar-refractivity contribution >= 4 is 12.1 Å². The number of aromatic hydroxyl groups is 1. The zero-order valence-corrected chi connectivity index (χ0v) is 17.6. The number of nitrogens with zero attached hydrogens (tertiary/aromatic N) is 2. The van der Waals surface area contributed by atoms with E-state index in [1.807, 2.05) is 48.5 Å². The maximum Gasteiger partial charge on any atom is 0.238 e. The van der Waals surface area contributed by atoms with Gasteiger partial charge in [-0.25, -0.2) is 4.99 Å². The number of nitriles is 1. The normalized spacial score (nSPS) is 10.8. The second kappa shape index (κ2) is 9.11. The van der Waals surface area contributed by atoms with Crippen LogP contribution in [-0.2, 0) is 0 Å². The van der Waals surface area contributed by atoms with Gasteiger partial charge in [0.05, 0.1) is 14.2 Å². The Kier molecular flexibility index (Phi) is 5.91. The van der Waals surface area contributed by atoms with Crippen molar-refractivity contribution in [3.05, 3.63) is 83.9 Å². The number of ether oxygens (including phenoxy) is 2. The number of phenolic OH excluding ortho intramolecular Hbond substituents is 1. The largest absolute Gasteiger partial charge is 0.507 e. The molecule has 0 aliphatic rings. The molecule has 0 spiro atoms. The molecule has 4 aromatic rings. The number of para-hydroxylation sites is 1. The molecule has 0 aliphatic heterocycles. The molecule has 0 atom stereocenters. The predicted octanol–water partition coefficient (Wildman–Crippen LogP) is 5.96. The predicted molar refractivity (Wildman–Crippen MR) is 123 cm³/mol. The third kappa shape index (κ3) is 4.05. The minimum atomic E-state index is 0.0877. The first-order chi connectivity index (χ1) is 15.6. The summed E-state index contributed by atoms with van der Waals surface area (Å²) >= 11 is 0. The first-order valence-electron chi connectivity index (χ1n) is 9.82. The molecule has 1 heterocycles. The maximum absolute atomic E-state index is 10.0. The summed E-state index contributed by atoms with van der Waals surface area (Å²) in [4.78, 5) is 4.39. The van der Waals surface area contributed by atoms with E-state index in [9.17, 15) is 10.4 Å². The summed E-state index contributed by atoms with van der Waals surface area (Å²) in [6, 6.07) is 23.8.